The van der Waals surface area contributed by atoms with Crippen LogP contribution in [0.15, 0.2) is 54.4 Å². The zero-order valence-electron chi connectivity index (χ0n) is 19.9. The van der Waals surface area contributed by atoms with Crippen molar-refractivity contribution in [2.75, 3.05) is 18.5 Å². The molecule has 5 N–H and O–H groups in total. The Hall–Kier alpha value is -4.14. The van der Waals surface area contributed by atoms with Gasteiger partial charge in [0.25, 0.3) is 5.91 Å². The van der Waals surface area contributed by atoms with E-state index in [2.05, 4.69) is 10.6 Å². The number of nitrogens with two attached hydrogens (primary N) is 1. The number of carbonyl (C=O) groups is 1. The lowest BCUT2D eigenvalue weighted by Crippen LogP contribution is -2.37. The van der Waals surface area contributed by atoms with E-state index in [1.54, 1.807) is 12.1 Å². The zero-order chi connectivity index (χ0) is 24.8. The fraction of sp³-hybridized carbons (Fsp3) is 0.308. The monoisotopic (exact) mass is 474 g/mol. The van der Waals surface area contributed by atoms with Gasteiger partial charge in [0.1, 0.15) is 17.3 Å². The van der Waals surface area contributed by atoms with Crippen LogP contribution < -0.4 is 25.8 Å². The van der Waals surface area contributed by atoms with E-state index in [9.17, 15) is 4.79 Å². The molecular weight excluding hydrogens is 444 g/mol. The minimum Gasteiger partial charge on any atom is -0.494 e. The number of nitrogens with zero attached hydrogens (tertiary/aromatic N) is 2. The van der Waals surface area contributed by atoms with Crippen LogP contribution in [0.1, 0.15) is 26.7 Å². The van der Waals surface area contributed by atoms with Crippen LogP contribution in [-0.2, 0) is 4.79 Å². The molecule has 1 atom stereocenters. The summed E-state index contributed by atoms with van der Waals surface area (Å²) in [6.07, 6.45) is 4.75. The van der Waals surface area contributed by atoms with Crippen LogP contribution in [0, 0.1) is 11.3 Å². The lowest BCUT2D eigenvalue weighted by Gasteiger charge is -2.14. The Morgan fingerprint density at radius 2 is 2.00 bits per heavy atom. The van der Waals surface area contributed by atoms with Crippen molar-refractivity contribution in [2.45, 2.75) is 32.7 Å². The van der Waals surface area contributed by atoms with Crippen molar-refractivity contribution in [3.63, 3.8) is 0 Å². The quantitative estimate of drug-likeness (QED) is 0.310. The molecule has 1 saturated carbocycles. The second-order valence-corrected chi connectivity index (χ2v) is 8.41. The predicted octanol–water partition coefficient (Wildman–Crippen LogP) is 3.85. The summed E-state index contributed by atoms with van der Waals surface area (Å²) in [5, 5.41) is 14.4. The molecule has 1 aromatic heterocycles. The Balaban J connectivity index is 1.60. The number of aromatic nitrogens is 2. The van der Waals surface area contributed by atoms with Crippen molar-refractivity contribution in [1.29, 1.82) is 5.41 Å². The van der Waals surface area contributed by atoms with Crippen LogP contribution in [0.4, 0.5) is 5.82 Å². The molecule has 0 spiro atoms. The number of allylic oxidation sites excluding steroid dienone is 1. The van der Waals surface area contributed by atoms with Crippen LogP contribution in [0.5, 0.6) is 11.5 Å². The first kappa shape index (κ1) is 24.0. The van der Waals surface area contributed by atoms with Gasteiger partial charge in [0.05, 0.1) is 17.8 Å². The third kappa shape index (κ3) is 6.06. The SMILES string of the molecule is CCOc1ccc2nc(-c3cccc(OCC(=O)NC(C)C4CC4)c3)nc(N/C(C=N)=C/N)c2c1. The van der Waals surface area contributed by atoms with Gasteiger partial charge >= 0.3 is 0 Å². The van der Waals surface area contributed by atoms with Crippen molar-refractivity contribution in [1.82, 2.24) is 15.3 Å². The van der Waals surface area contributed by atoms with Crippen molar-refractivity contribution < 1.29 is 14.3 Å². The maximum absolute atomic E-state index is 12.2. The van der Waals surface area contributed by atoms with Crippen LogP contribution in [0.3, 0.4) is 0 Å². The summed E-state index contributed by atoms with van der Waals surface area (Å²) in [6, 6.07) is 13.0. The van der Waals surface area contributed by atoms with Gasteiger partial charge in [0, 0.05) is 29.4 Å². The molecule has 0 radical (unpaired) electrons. The number of rotatable bonds is 11. The number of carbonyl (C=O) groups excluding carboxylic acids is 1. The average Bonchev–Trinajstić information content (AvgIpc) is 3.72. The third-order valence-corrected chi connectivity index (χ3v) is 5.76. The van der Waals surface area contributed by atoms with E-state index in [0.29, 0.717) is 46.9 Å². The number of hydrogen-bond acceptors (Lipinski definition) is 8. The van der Waals surface area contributed by atoms with E-state index < -0.39 is 0 Å². The predicted molar refractivity (Wildman–Crippen MR) is 137 cm³/mol. The molecule has 9 nitrogen and oxygen atoms in total. The summed E-state index contributed by atoms with van der Waals surface area (Å²) in [5.74, 6) is 2.64. The molecule has 4 rings (SSSR count). The maximum Gasteiger partial charge on any atom is 0.258 e. The van der Waals surface area contributed by atoms with E-state index >= 15 is 0 Å². The van der Waals surface area contributed by atoms with Crippen LogP contribution in [0.25, 0.3) is 22.3 Å². The molecule has 1 fully saturated rings. The zero-order valence-corrected chi connectivity index (χ0v) is 19.9. The van der Waals surface area contributed by atoms with Gasteiger partial charge in [0.2, 0.25) is 0 Å². The van der Waals surface area contributed by atoms with E-state index in [4.69, 9.17) is 30.6 Å². The molecule has 3 aromatic rings. The van der Waals surface area contributed by atoms with Crippen LogP contribution in [-0.4, -0.2) is 41.3 Å². The Labute approximate surface area is 204 Å². The highest BCUT2D eigenvalue weighted by Gasteiger charge is 2.28. The highest BCUT2D eigenvalue weighted by Crippen LogP contribution is 2.32. The van der Waals surface area contributed by atoms with E-state index in [0.717, 1.165) is 17.2 Å². The summed E-state index contributed by atoms with van der Waals surface area (Å²) in [5.41, 5.74) is 7.45. The molecule has 1 aliphatic carbocycles. The summed E-state index contributed by atoms with van der Waals surface area (Å²) in [6.45, 7) is 4.42. The number of anilines is 1. The molecule has 1 unspecified atom stereocenters. The summed E-state index contributed by atoms with van der Waals surface area (Å²) >= 11 is 0. The Bertz CT molecular complexity index is 1260. The van der Waals surface area contributed by atoms with Gasteiger partial charge in [-0.2, -0.15) is 0 Å². The molecule has 0 aliphatic heterocycles. The van der Waals surface area contributed by atoms with Crippen molar-refractivity contribution in [3.05, 3.63) is 54.4 Å². The van der Waals surface area contributed by atoms with Gasteiger partial charge in [-0.15, -0.1) is 0 Å². The minimum absolute atomic E-state index is 0.0594. The molecule has 1 heterocycles. The molecule has 0 saturated heterocycles. The van der Waals surface area contributed by atoms with Gasteiger partial charge in [-0.1, -0.05) is 12.1 Å². The number of amides is 1. The molecular formula is C26H30N6O3. The Kier molecular flexibility index (Phi) is 7.45. The molecule has 1 aliphatic rings. The molecule has 35 heavy (non-hydrogen) atoms. The van der Waals surface area contributed by atoms with Gasteiger partial charge in [0.15, 0.2) is 12.4 Å². The van der Waals surface area contributed by atoms with E-state index in [1.165, 1.54) is 19.0 Å². The molecule has 1 amide bonds. The standard InChI is InChI=1S/C26H30N6O3/c1-3-34-21-9-10-23-22(12-21)26(30-19(13-27)14-28)32-25(31-23)18-5-4-6-20(11-18)35-15-24(33)29-16(2)17-7-8-17/h4-6,9-14,16-17,27H,3,7-8,15,28H2,1-2H3,(H,29,33)(H,30,31,32)/b19-14+,27-13?. The largest absolute Gasteiger partial charge is 0.494 e. The van der Waals surface area contributed by atoms with Crippen LogP contribution >= 0.6 is 0 Å². The number of benzene rings is 2. The number of nitrogens with one attached hydrogen (secondary N) is 3. The molecule has 0 bridgehead atoms. The first-order chi connectivity index (χ1) is 17.0. The van der Waals surface area contributed by atoms with Gasteiger partial charge < -0.3 is 31.3 Å². The second-order valence-electron chi connectivity index (χ2n) is 8.41. The van der Waals surface area contributed by atoms with Crippen LogP contribution in [0.2, 0.25) is 0 Å². The maximum atomic E-state index is 12.2. The first-order valence-electron chi connectivity index (χ1n) is 11.7. The summed E-state index contributed by atoms with van der Waals surface area (Å²) < 4.78 is 11.4. The van der Waals surface area contributed by atoms with Gasteiger partial charge in [-0.05, 0) is 62.9 Å². The highest BCUT2D eigenvalue weighted by molar-refractivity contribution is 5.94. The fourth-order valence-electron chi connectivity index (χ4n) is 3.73. The molecule has 182 valence electrons. The fourth-order valence-corrected chi connectivity index (χ4v) is 3.73. The van der Waals surface area contributed by atoms with Crippen molar-refractivity contribution >= 4 is 28.8 Å². The molecule has 2 aromatic carbocycles. The van der Waals surface area contributed by atoms with E-state index in [-0.39, 0.29) is 18.6 Å². The second kappa shape index (κ2) is 10.9. The van der Waals surface area contributed by atoms with Gasteiger partial charge in [-0.3, -0.25) is 4.79 Å². The minimum atomic E-state index is -0.138. The lowest BCUT2D eigenvalue weighted by atomic mass is 10.1. The topological polar surface area (TPSA) is 135 Å². The summed E-state index contributed by atoms with van der Waals surface area (Å²) in [4.78, 5) is 21.6. The Morgan fingerprint density at radius 1 is 1.20 bits per heavy atom. The number of hydrogen-bond donors (Lipinski definition) is 4. The molecule has 9 heteroatoms. The Morgan fingerprint density at radius 3 is 2.71 bits per heavy atom. The van der Waals surface area contributed by atoms with Gasteiger partial charge in [-0.25, -0.2) is 9.97 Å². The van der Waals surface area contributed by atoms with E-state index in [1.807, 2.05) is 44.2 Å². The first-order valence-corrected chi connectivity index (χ1v) is 11.7. The highest BCUT2D eigenvalue weighted by atomic mass is 16.5. The smallest absolute Gasteiger partial charge is 0.258 e. The van der Waals surface area contributed by atoms with Crippen molar-refractivity contribution in [2.24, 2.45) is 11.7 Å². The normalized spacial score (nSPS) is 14.3. The lowest BCUT2D eigenvalue weighted by molar-refractivity contribution is -0.123. The number of fused-ring (bicyclic) bond motifs is 1. The average molecular weight is 475 g/mol. The number of ether oxygens (including phenoxy) is 2. The summed E-state index contributed by atoms with van der Waals surface area (Å²) in [7, 11) is 0. The third-order valence-electron chi connectivity index (χ3n) is 5.76. The van der Waals surface area contributed by atoms with Crippen molar-refractivity contribution in [3.8, 4) is 22.9 Å².